The zero-order valence-electron chi connectivity index (χ0n) is 19.2. The maximum atomic E-state index is 13.0. The average molecular weight is 544 g/mol. The van der Waals surface area contributed by atoms with E-state index in [4.69, 9.17) is 0 Å². The van der Waals surface area contributed by atoms with Gasteiger partial charge in [0.2, 0.25) is 0 Å². The van der Waals surface area contributed by atoms with Crippen LogP contribution in [0.4, 0.5) is 0 Å². The summed E-state index contributed by atoms with van der Waals surface area (Å²) in [5, 5.41) is 9.91. The Balaban J connectivity index is 0.00000136. The molecule has 2 nitrogen and oxygen atoms in total. The second-order valence-electron chi connectivity index (χ2n) is 9.09. The summed E-state index contributed by atoms with van der Waals surface area (Å²) in [4.78, 5) is 13.0. The van der Waals surface area contributed by atoms with Crippen LogP contribution < -0.4 is 28.6 Å². The van der Waals surface area contributed by atoms with Gasteiger partial charge in [0, 0.05) is 0 Å². The van der Waals surface area contributed by atoms with Gasteiger partial charge in [0.1, 0.15) is 0 Å². The smallest absolute Gasteiger partial charge is 0.0149 e. The fraction of sp³-hybridized carbons (Fsp3) is 0.179. The van der Waals surface area contributed by atoms with E-state index in [1.54, 1.807) is 0 Å². The van der Waals surface area contributed by atoms with Crippen LogP contribution in [0.3, 0.4) is 0 Å². The monoisotopic (exact) mass is 543 g/mol. The van der Waals surface area contributed by atoms with Crippen molar-refractivity contribution in [3.63, 3.8) is 0 Å². The summed E-state index contributed by atoms with van der Waals surface area (Å²) >= 11 is -2.85. The standard InChI is InChI=1S/C19H15.C7H7NO.2CH3.2ClH.H4Si.Ti/c1-12-11-13(2)19-17-10-6-4-8-15(17)14-7-3-5-9-16(14)18(12)19;8-7(9)6-4-2-1-3-5-6;;;;;;/h3-10,12H,1-2H3;1-5H,(H2,8,9);2*1H3;2*1H;1H4;/q;;;;;;;+3/p-3. The van der Waals surface area contributed by atoms with Crippen LogP contribution in [0.25, 0.3) is 27.1 Å². The van der Waals surface area contributed by atoms with Crippen molar-refractivity contribution in [3.05, 3.63) is 99.4 Å². The Hall–Kier alpha value is -1.88. The molecule has 4 aromatic rings. The van der Waals surface area contributed by atoms with Gasteiger partial charge in [-0.05, 0) is 11.0 Å². The molecule has 0 fully saturated rings. The number of carbonyl (C=O) groups excluding carboxylic acids is 1. The molecule has 0 radical (unpaired) electrons. The molecule has 0 spiro atoms. The molecule has 1 amide bonds. The molecule has 176 valence electrons. The SMILES string of the molecule is CC1=[C]([Ti+2]([CH3])([CH3])[NH]C(=O)c2ccccc2)C(C)c2c1c1ccccc1c1ccccc21.[Cl-].[Cl-].[SiH4]. The van der Waals surface area contributed by atoms with E-state index in [0.717, 1.165) is 5.56 Å². The zero-order chi connectivity index (χ0) is 21.8. The molecule has 5 rings (SSSR count). The van der Waals surface area contributed by atoms with Crippen molar-refractivity contribution < 1.29 is 46.5 Å². The van der Waals surface area contributed by atoms with Gasteiger partial charge in [0.05, 0.1) is 0 Å². The minimum atomic E-state index is -2.85. The topological polar surface area (TPSA) is 29.1 Å². The van der Waals surface area contributed by atoms with E-state index in [2.05, 4.69) is 76.6 Å². The van der Waals surface area contributed by atoms with Crippen molar-refractivity contribution in [1.82, 2.24) is 3.80 Å². The van der Waals surface area contributed by atoms with Crippen molar-refractivity contribution in [2.75, 3.05) is 0 Å². The molecule has 0 bridgehead atoms. The second-order valence-corrected chi connectivity index (χ2v) is 15.4. The molecule has 4 aromatic carbocycles. The van der Waals surface area contributed by atoms with Crippen LogP contribution in [0.2, 0.25) is 10.5 Å². The minimum absolute atomic E-state index is 0. The van der Waals surface area contributed by atoms with Crippen LogP contribution in [0.1, 0.15) is 41.3 Å². The van der Waals surface area contributed by atoms with Crippen LogP contribution in [-0.2, 0) is 16.8 Å². The molecule has 1 aliphatic rings. The van der Waals surface area contributed by atoms with Gasteiger partial charge in [-0.15, -0.1) is 0 Å². The molecule has 6 heteroatoms. The fourth-order valence-corrected chi connectivity index (χ4v) is 10.5. The van der Waals surface area contributed by atoms with Crippen LogP contribution in [0, 0.1) is 0 Å². The zero-order valence-corrected chi connectivity index (χ0v) is 22.3. The Morgan fingerprint density at radius 3 is 1.82 bits per heavy atom. The third-order valence-corrected chi connectivity index (χ3v) is 11.4. The summed E-state index contributed by atoms with van der Waals surface area (Å²) in [6, 6.07) is 27.1. The molecule has 1 aliphatic carbocycles. The summed E-state index contributed by atoms with van der Waals surface area (Å²) in [5.74, 6) is 0.347. The van der Waals surface area contributed by atoms with Crippen LogP contribution in [0.15, 0.2) is 82.7 Å². The largest absolute Gasteiger partial charge is 1.00 e. The van der Waals surface area contributed by atoms with E-state index in [-0.39, 0.29) is 41.7 Å². The van der Waals surface area contributed by atoms with Gasteiger partial charge in [-0.1, -0.05) is 0 Å². The van der Waals surface area contributed by atoms with Crippen LogP contribution in [0.5, 0.6) is 0 Å². The molecular formula is C28H31Cl2NOSiTi. The predicted octanol–water partition coefficient (Wildman–Crippen LogP) is -0.00740. The third kappa shape index (κ3) is 4.53. The van der Waals surface area contributed by atoms with Crippen molar-refractivity contribution in [2.24, 2.45) is 0 Å². The van der Waals surface area contributed by atoms with Gasteiger partial charge < -0.3 is 24.8 Å². The Morgan fingerprint density at radius 2 is 1.24 bits per heavy atom. The first-order chi connectivity index (χ1) is 14.9. The number of hydrogen-bond acceptors (Lipinski definition) is 1. The maximum absolute atomic E-state index is 13.0. The molecule has 0 aliphatic heterocycles. The van der Waals surface area contributed by atoms with Crippen LogP contribution >= 0.6 is 0 Å². The Morgan fingerprint density at radius 1 is 0.765 bits per heavy atom. The average Bonchev–Trinajstić information content (AvgIpc) is 3.05. The number of amides is 1. The first kappa shape index (κ1) is 28.4. The van der Waals surface area contributed by atoms with Crippen molar-refractivity contribution >= 4 is 44.0 Å². The predicted molar refractivity (Wildman–Crippen MR) is 139 cm³/mol. The Kier molecular flexibility index (Phi) is 9.01. The third-order valence-electron chi connectivity index (χ3n) is 6.75. The Labute approximate surface area is 222 Å². The second kappa shape index (κ2) is 10.8. The normalized spacial score (nSPS) is 14.2. The minimum Gasteiger partial charge on any atom is -1.00 e. The molecule has 1 unspecified atom stereocenters. The van der Waals surface area contributed by atoms with Gasteiger partial charge in [0.25, 0.3) is 0 Å². The van der Waals surface area contributed by atoms with Gasteiger partial charge >= 0.3 is 188 Å². The summed E-state index contributed by atoms with van der Waals surface area (Å²) in [5.41, 5.74) is 4.90. The number of carbonyl (C=O) groups is 1. The number of benzene rings is 4. The van der Waals surface area contributed by atoms with E-state index < -0.39 is 16.8 Å². The van der Waals surface area contributed by atoms with Gasteiger partial charge in [-0.2, -0.15) is 0 Å². The molecule has 0 heterocycles. The number of nitrogens with one attached hydrogen (secondary N) is 1. The number of fused-ring (bicyclic) bond motifs is 6. The molecule has 0 saturated heterocycles. The van der Waals surface area contributed by atoms with E-state index in [9.17, 15) is 4.79 Å². The summed E-state index contributed by atoms with van der Waals surface area (Å²) < 4.78 is 4.97. The molecule has 34 heavy (non-hydrogen) atoms. The summed E-state index contributed by atoms with van der Waals surface area (Å²) in [6.07, 6.45) is 0. The Bertz CT molecular complexity index is 1390. The fourth-order valence-electron chi connectivity index (χ4n) is 5.65. The maximum Gasteiger partial charge on any atom is -0.0149 e. The molecule has 0 saturated carbocycles. The summed E-state index contributed by atoms with van der Waals surface area (Å²) in [7, 11) is 0. The van der Waals surface area contributed by atoms with Gasteiger partial charge in [0.15, 0.2) is 0 Å². The molecule has 1 N–H and O–H groups in total. The van der Waals surface area contributed by atoms with E-state index >= 15 is 0 Å². The van der Waals surface area contributed by atoms with E-state index in [0.29, 0.717) is 5.92 Å². The number of halogens is 2. The van der Waals surface area contributed by atoms with E-state index in [1.807, 2.05) is 30.3 Å². The number of hydrogen-bond donors (Lipinski definition) is 1. The van der Waals surface area contributed by atoms with Crippen LogP contribution in [-0.4, -0.2) is 16.9 Å². The van der Waals surface area contributed by atoms with Crippen molar-refractivity contribution in [2.45, 2.75) is 30.2 Å². The number of allylic oxidation sites excluding steroid dienone is 2. The number of rotatable bonds is 3. The molecule has 0 aromatic heterocycles. The van der Waals surface area contributed by atoms with Gasteiger partial charge in [-0.25, -0.2) is 0 Å². The molecular weight excluding hydrogens is 513 g/mol. The van der Waals surface area contributed by atoms with Crippen molar-refractivity contribution in [3.8, 4) is 0 Å². The summed E-state index contributed by atoms with van der Waals surface area (Å²) in [6.45, 7) is 4.59. The van der Waals surface area contributed by atoms with E-state index in [1.165, 1.54) is 42.1 Å². The first-order valence-corrected chi connectivity index (χ1v) is 15.6. The first-order valence-electron chi connectivity index (χ1n) is 10.9. The quantitative estimate of drug-likeness (QED) is 0.286. The van der Waals surface area contributed by atoms with Gasteiger partial charge in [-0.3, -0.25) is 0 Å². The molecule has 1 atom stereocenters. The van der Waals surface area contributed by atoms with Crippen molar-refractivity contribution in [1.29, 1.82) is 0 Å².